The van der Waals surface area contributed by atoms with Crippen LogP contribution in [-0.4, -0.2) is 63.9 Å². The molecular formula is C20H25N3O3S. The molecule has 1 aliphatic heterocycles. The Balaban J connectivity index is 1.80. The lowest BCUT2D eigenvalue weighted by atomic mass is 10.1. The molecule has 0 radical (unpaired) electrons. The van der Waals surface area contributed by atoms with Crippen molar-refractivity contribution in [1.29, 1.82) is 0 Å². The zero-order valence-corrected chi connectivity index (χ0v) is 16.5. The Morgan fingerprint density at radius 1 is 1.00 bits per heavy atom. The predicted octanol–water partition coefficient (Wildman–Crippen LogP) is 2.29. The van der Waals surface area contributed by atoms with Gasteiger partial charge in [-0.25, -0.2) is 8.42 Å². The highest BCUT2D eigenvalue weighted by molar-refractivity contribution is 7.92. The number of likely N-dealkylation sites (N-methyl/N-ethyl adjacent to an activating group) is 1. The van der Waals surface area contributed by atoms with E-state index in [0.29, 0.717) is 24.3 Å². The second-order valence-corrected chi connectivity index (χ2v) is 8.53. The molecule has 0 spiro atoms. The quantitative estimate of drug-likeness (QED) is 0.790. The van der Waals surface area contributed by atoms with Gasteiger partial charge in [0, 0.05) is 38.8 Å². The molecule has 1 saturated heterocycles. The number of benzene rings is 2. The van der Waals surface area contributed by atoms with Crippen LogP contribution in [0.15, 0.2) is 59.5 Å². The fraction of sp³-hybridized carbons (Fsp3) is 0.350. The summed E-state index contributed by atoms with van der Waals surface area (Å²) in [5, 5.41) is 0. The Kier molecular flexibility index (Phi) is 5.82. The number of hydrogen-bond acceptors (Lipinski definition) is 4. The van der Waals surface area contributed by atoms with Crippen LogP contribution in [0.4, 0.5) is 5.69 Å². The van der Waals surface area contributed by atoms with Crippen molar-refractivity contribution in [2.45, 2.75) is 11.8 Å². The molecule has 3 rings (SSSR count). The van der Waals surface area contributed by atoms with E-state index in [0.717, 1.165) is 19.6 Å². The zero-order chi connectivity index (χ0) is 19.4. The van der Waals surface area contributed by atoms with Crippen LogP contribution in [0.2, 0.25) is 0 Å². The third-order valence-electron chi connectivity index (χ3n) is 4.97. The van der Waals surface area contributed by atoms with E-state index in [-0.39, 0.29) is 10.8 Å². The van der Waals surface area contributed by atoms with Crippen LogP contribution in [-0.2, 0) is 10.0 Å². The number of carbonyl (C=O) groups excluding carboxylic acids is 1. The summed E-state index contributed by atoms with van der Waals surface area (Å²) in [5.41, 5.74) is 0.976. The van der Waals surface area contributed by atoms with Crippen molar-refractivity contribution in [1.82, 2.24) is 9.80 Å². The largest absolute Gasteiger partial charge is 0.336 e. The molecule has 1 heterocycles. The van der Waals surface area contributed by atoms with E-state index in [1.807, 2.05) is 4.90 Å². The third kappa shape index (κ3) is 4.14. The maximum Gasteiger partial charge on any atom is 0.264 e. The van der Waals surface area contributed by atoms with Crippen LogP contribution < -0.4 is 4.31 Å². The fourth-order valence-electron chi connectivity index (χ4n) is 3.17. The molecule has 7 heteroatoms. The van der Waals surface area contributed by atoms with Crippen LogP contribution >= 0.6 is 0 Å². The Bertz CT molecular complexity index is 892. The maximum absolute atomic E-state index is 12.8. The molecule has 0 N–H and O–H groups in total. The Morgan fingerprint density at radius 2 is 1.67 bits per heavy atom. The van der Waals surface area contributed by atoms with E-state index in [4.69, 9.17) is 0 Å². The summed E-state index contributed by atoms with van der Waals surface area (Å²) in [5.74, 6) is -0.0573. The minimum Gasteiger partial charge on any atom is -0.336 e. The maximum atomic E-state index is 12.8. The molecule has 1 fully saturated rings. The second kappa shape index (κ2) is 8.10. The van der Waals surface area contributed by atoms with Gasteiger partial charge in [0.2, 0.25) is 0 Å². The molecule has 0 aliphatic carbocycles. The highest BCUT2D eigenvalue weighted by atomic mass is 32.2. The van der Waals surface area contributed by atoms with Gasteiger partial charge < -0.3 is 9.80 Å². The van der Waals surface area contributed by atoms with E-state index < -0.39 is 10.0 Å². The third-order valence-corrected chi connectivity index (χ3v) is 6.76. The van der Waals surface area contributed by atoms with Crippen LogP contribution in [0.1, 0.15) is 17.3 Å². The summed E-state index contributed by atoms with van der Waals surface area (Å²) in [6, 6.07) is 15.1. The Labute approximate surface area is 161 Å². The van der Waals surface area contributed by atoms with Gasteiger partial charge in [0.15, 0.2) is 0 Å². The molecular weight excluding hydrogens is 362 g/mol. The van der Waals surface area contributed by atoms with Crippen LogP contribution in [0.5, 0.6) is 0 Å². The first kappa shape index (κ1) is 19.4. The van der Waals surface area contributed by atoms with Crippen molar-refractivity contribution < 1.29 is 13.2 Å². The van der Waals surface area contributed by atoms with Crippen molar-refractivity contribution in [2.24, 2.45) is 0 Å². The first-order valence-corrected chi connectivity index (χ1v) is 10.5. The molecule has 1 aliphatic rings. The molecule has 0 saturated carbocycles. The number of sulfonamides is 1. The lowest BCUT2D eigenvalue weighted by Crippen LogP contribution is -2.48. The first-order valence-electron chi connectivity index (χ1n) is 9.09. The number of hydrogen-bond donors (Lipinski definition) is 0. The van der Waals surface area contributed by atoms with Gasteiger partial charge in [-0.15, -0.1) is 0 Å². The summed E-state index contributed by atoms with van der Waals surface area (Å²) in [6.45, 7) is 6.21. The number of amides is 1. The van der Waals surface area contributed by atoms with Gasteiger partial charge >= 0.3 is 0 Å². The molecule has 2 aromatic carbocycles. The lowest BCUT2D eigenvalue weighted by Gasteiger charge is -2.34. The molecule has 144 valence electrons. The Morgan fingerprint density at radius 3 is 2.30 bits per heavy atom. The van der Waals surface area contributed by atoms with Crippen molar-refractivity contribution in [2.75, 3.05) is 44.1 Å². The number of nitrogens with zero attached hydrogens (tertiary/aromatic N) is 3. The second-order valence-electron chi connectivity index (χ2n) is 6.56. The van der Waals surface area contributed by atoms with Crippen molar-refractivity contribution in [3.05, 3.63) is 60.2 Å². The van der Waals surface area contributed by atoms with Gasteiger partial charge in [-0.1, -0.05) is 31.2 Å². The number of piperazine rings is 1. The van der Waals surface area contributed by atoms with Crippen molar-refractivity contribution in [3.8, 4) is 0 Å². The van der Waals surface area contributed by atoms with E-state index >= 15 is 0 Å². The van der Waals surface area contributed by atoms with Crippen molar-refractivity contribution in [3.63, 3.8) is 0 Å². The monoisotopic (exact) mass is 387 g/mol. The molecule has 0 atom stereocenters. The molecule has 27 heavy (non-hydrogen) atoms. The standard InChI is InChI=1S/C20H25N3O3S/c1-3-22-12-14-23(15-13-22)20(24)17-8-7-9-18(16-17)21(2)27(25,26)19-10-5-4-6-11-19/h4-11,16H,3,12-15H2,1-2H3. The highest BCUT2D eigenvalue weighted by Crippen LogP contribution is 2.23. The summed E-state index contributed by atoms with van der Waals surface area (Å²) in [7, 11) is -2.16. The normalized spacial score (nSPS) is 15.6. The topological polar surface area (TPSA) is 60.9 Å². The summed E-state index contributed by atoms with van der Waals surface area (Å²) < 4.78 is 26.8. The number of carbonyl (C=O) groups is 1. The summed E-state index contributed by atoms with van der Waals surface area (Å²) in [6.07, 6.45) is 0. The summed E-state index contributed by atoms with van der Waals surface area (Å²) >= 11 is 0. The molecule has 0 aromatic heterocycles. The lowest BCUT2D eigenvalue weighted by molar-refractivity contribution is 0.0643. The SMILES string of the molecule is CCN1CCN(C(=O)c2cccc(N(C)S(=O)(=O)c3ccccc3)c2)CC1. The molecule has 0 bridgehead atoms. The average molecular weight is 388 g/mol. The van der Waals surface area contributed by atoms with E-state index in [1.54, 1.807) is 54.6 Å². The first-order chi connectivity index (χ1) is 12.9. The van der Waals surface area contributed by atoms with Gasteiger partial charge in [-0.05, 0) is 36.9 Å². The van der Waals surface area contributed by atoms with E-state index in [9.17, 15) is 13.2 Å². The predicted molar refractivity (Wildman–Crippen MR) is 106 cm³/mol. The molecule has 6 nitrogen and oxygen atoms in total. The van der Waals surface area contributed by atoms with E-state index in [1.165, 1.54) is 11.4 Å². The number of anilines is 1. The minimum atomic E-state index is -3.67. The van der Waals surface area contributed by atoms with Gasteiger partial charge in [-0.3, -0.25) is 9.10 Å². The molecule has 1 amide bonds. The van der Waals surface area contributed by atoms with Gasteiger partial charge in [-0.2, -0.15) is 0 Å². The fourth-order valence-corrected chi connectivity index (χ4v) is 4.38. The molecule has 0 unspecified atom stereocenters. The minimum absolute atomic E-state index is 0.0573. The smallest absolute Gasteiger partial charge is 0.264 e. The number of rotatable bonds is 5. The zero-order valence-electron chi connectivity index (χ0n) is 15.7. The summed E-state index contributed by atoms with van der Waals surface area (Å²) in [4.78, 5) is 17.2. The van der Waals surface area contributed by atoms with Crippen LogP contribution in [0.3, 0.4) is 0 Å². The Hall–Kier alpha value is -2.38. The van der Waals surface area contributed by atoms with Crippen LogP contribution in [0.25, 0.3) is 0 Å². The van der Waals surface area contributed by atoms with Gasteiger partial charge in [0.05, 0.1) is 10.6 Å². The highest BCUT2D eigenvalue weighted by Gasteiger charge is 2.24. The van der Waals surface area contributed by atoms with Crippen molar-refractivity contribution >= 4 is 21.6 Å². The average Bonchev–Trinajstić information content (AvgIpc) is 2.73. The van der Waals surface area contributed by atoms with Gasteiger partial charge in [0.1, 0.15) is 0 Å². The molecule has 2 aromatic rings. The van der Waals surface area contributed by atoms with E-state index in [2.05, 4.69) is 11.8 Å². The van der Waals surface area contributed by atoms with Crippen LogP contribution in [0, 0.1) is 0 Å². The van der Waals surface area contributed by atoms with Gasteiger partial charge in [0.25, 0.3) is 15.9 Å².